The third-order valence-corrected chi connectivity index (χ3v) is 5.37. The first kappa shape index (κ1) is 19.8. The quantitative estimate of drug-likeness (QED) is 0.683. The highest BCUT2D eigenvalue weighted by molar-refractivity contribution is 6.35. The SMILES string of the molecule is C[C@@H](Oc1ccc(Cl)cc1Cl)C(=O)Nc1ccc(N2CCCC[C@@H]2C)cc1. The highest BCUT2D eigenvalue weighted by Crippen LogP contribution is 2.29. The zero-order valence-corrected chi connectivity index (χ0v) is 17.1. The van der Waals surface area contributed by atoms with Crippen LogP contribution in [0.1, 0.15) is 33.1 Å². The van der Waals surface area contributed by atoms with Gasteiger partial charge in [-0.3, -0.25) is 4.79 Å². The van der Waals surface area contributed by atoms with Gasteiger partial charge in [-0.2, -0.15) is 0 Å². The summed E-state index contributed by atoms with van der Waals surface area (Å²) in [6.45, 7) is 5.03. The number of hydrogen-bond acceptors (Lipinski definition) is 3. The predicted octanol–water partition coefficient (Wildman–Crippen LogP) is 5.78. The maximum Gasteiger partial charge on any atom is 0.265 e. The Balaban J connectivity index is 1.60. The predicted molar refractivity (Wildman–Crippen MR) is 112 cm³/mol. The van der Waals surface area contributed by atoms with Crippen molar-refractivity contribution >= 4 is 40.5 Å². The fraction of sp³-hybridized carbons (Fsp3) is 0.381. The molecule has 6 heteroatoms. The van der Waals surface area contributed by atoms with Crippen molar-refractivity contribution in [3.05, 3.63) is 52.5 Å². The van der Waals surface area contributed by atoms with E-state index in [9.17, 15) is 4.79 Å². The fourth-order valence-corrected chi connectivity index (χ4v) is 3.73. The molecule has 0 bridgehead atoms. The van der Waals surface area contributed by atoms with Gasteiger partial charge in [0.05, 0.1) is 5.02 Å². The minimum atomic E-state index is -0.689. The molecule has 27 heavy (non-hydrogen) atoms. The number of carbonyl (C=O) groups is 1. The molecule has 1 aliphatic rings. The summed E-state index contributed by atoms with van der Waals surface area (Å²) in [7, 11) is 0. The van der Waals surface area contributed by atoms with E-state index in [0.717, 1.165) is 12.2 Å². The van der Waals surface area contributed by atoms with Crippen LogP contribution in [0.4, 0.5) is 11.4 Å². The lowest BCUT2D eigenvalue weighted by atomic mass is 10.0. The van der Waals surface area contributed by atoms with E-state index >= 15 is 0 Å². The van der Waals surface area contributed by atoms with Crippen LogP contribution in [-0.2, 0) is 4.79 Å². The van der Waals surface area contributed by atoms with Gasteiger partial charge >= 0.3 is 0 Å². The number of rotatable bonds is 5. The number of piperidine rings is 1. The Morgan fingerprint density at radius 2 is 1.93 bits per heavy atom. The van der Waals surface area contributed by atoms with Gasteiger partial charge in [-0.15, -0.1) is 0 Å². The second kappa shape index (κ2) is 8.85. The van der Waals surface area contributed by atoms with Gasteiger partial charge in [0.25, 0.3) is 5.91 Å². The number of hydrogen-bond donors (Lipinski definition) is 1. The Labute approximate surface area is 170 Å². The maximum absolute atomic E-state index is 12.4. The first-order chi connectivity index (χ1) is 12.9. The zero-order valence-electron chi connectivity index (χ0n) is 15.5. The summed E-state index contributed by atoms with van der Waals surface area (Å²) in [5.74, 6) is 0.193. The van der Waals surface area contributed by atoms with Gasteiger partial charge in [-0.25, -0.2) is 0 Å². The zero-order chi connectivity index (χ0) is 19.4. The van der Waals surface area contributed by atoms with Crippen molar-refractivity contribution in [1.82, 2.24) is 0 Å². The molecule has 144 valence electrons. The molecule has 1 fully saturated rings. The van der Waals surface area contributed by atoms with Crippen molar-refractivity contribution in [2.45, 2.75) is 45.3 Å². The van der Waals surface area contributed by atoms with Gasteiger partial charge in [-0.1, -0.05) is 23.2 Å². The molecule has 4 nitrogen and oxygen atoms in total. The van der Waals surface area contributed by atoms with Crippen molar-refractivity contribution in [3.63, 3.8) is 0 Å². The Kier molecular flexibility index (Phi) is 6.51. The van der Waals surface area contributed by atoms with Gasteiger partial charge in [-0.05, 0) is 75.6 Å². The Morgan fingerprint density at radius 1 is 1.19 bits per heavy atom. The second-order valence-corrected chi connectivity index (χ2v) is 7.75. The smallest absolute Gasteiger partial charge is 0.265 e. The first-order valence-electron chi connectivity index (χ1n) is 9.23. The second-order valence-electron chi connectivity index (χ2n) is 6.91. The summed E-state index contributed by atoms with van der Waals surface area (Å²) >= 11 is 12.0. The van der Waals surface area contributed by atoms with Crippen molar-refractivity contribution in [2.75, 3.05) is 16.8 Å². The topological polar surface area (TPSA) is 41.6 Å². The molecule has 0 unspecified atom stereocenters. The molecule has 0 aromatic heterocycles. The first-order valence-corrected chi connectivity index (χ1v) is 9.99. The Bertz CT molecular complexity index is 795. The number of anilines is 2. The van der Waals surface area contributed by atoms with Crippen molar-refractivity contribution in [3.8, 4) is 5.75 Å². The van der Waals surface area contributed by atoms with Crippen LogP contribution in [0.15, 0.2) is 42.5 Å². The third kappa shape index (κ3) is 5.08. The summed E-state index contributed by atoms with van der Waals surface area (Å²) in [6.07, 6.45) is 3.05. The highest BCUT2D eigenvalue weighted by atomic mass is 35.5. The van der Waals surface area contributed by atoms with Crippen LogP contribution in [0, 0.1) is 0 Å². The van der Waals surface area contributed by atoms with Gasteiger partial charge in [0.1, 0.15) is 5.75 Å². The molecule has 1 heterocycles. The van der Waals surface area contributed by atoms with Gasteiger partial charge in [0.2, 0.25) is 0 Å². The van der Waals surface area contributed by atoms with Crippen molar-refractivity contribution < 1.29 is 9.53 Å². The number of nitrogens with zero attached hydrogens (tertiary/aromatic N) is 1. The number of halogens is 2. The van der Waals surface area contributed by atoms with Crippen LogP contribution in [0.5, 0.6) is 5.75 Å². The average Bonchev–Trinajstić information content (AvgIpc) is 2.65. The minimum absolute atomic E-state index is 0.236. The van der Waals surface area contributed by atoms with Crippen LogP contribution in [0.25, 0.3) is 0 Å². The minimum Gasteiger partial charge on any atom is -0.479 e. The number of benzene rings is 2. The number of amides is 1. The standard InChI is InChI=1S/C21H24Cl2N2O2/c1-14-5-3-4-12-25(14)18-9-7-17(8-10-18)24-21(26)15(2)27-20-11-6-16(22)13-19(20)23/h6-11,13-15H,3-5,12H2,1-2H3,(H,24,26)/t14-,15+/m0/s1. The number of nitrogens with one attached hydrogen (secondary N) is 1. The van der Waals surface area contributed by atoms with E-state index in [1.807, 2.05) is 12.1 Å². The molecule has 1 N–H and O–H groups in total. The van der Waals surface area contributed by atoms with E-state index in [-0.39, 0.29) is 5.91 Å². The van der Waals surface area contributed by atoms with Crippen LogP contribution >= 0.6 is 23.2 Å². The highest BCUT2D eigenvalue weighted by Gasteiger charge is 2.19. The molecule has 1 saturated heterocycles. The summed E-state index contributed by atoms with van der Waals surface area (Å²) in [6, 6.07) is 13.4. The summed E-state index contributed by atoms with van der Waals surface area (Å²) in [4.78, 5) is 14.8. The van der Waals surface area contributed by atoms with Crippen LogP contribution in [0.3, 0.4) is 0 Å². The largest absolute Gasteiger partial charge is 0.479 e. The summed E-state index contributed by atoms with van der Waals surface area (Å²) in [5, 5.41) is 3.78. The molecular formula is C21H24Cl2N2O2. The molecule has 0 radical (unpaired) electrons. The summed E-state index contributed by atoms with van der Waals surface area (Å²) < 4.78 is 5.66. The van der Waals surface area contributed by atoms with Gasteiger partial charge in [0.15, 0.2) is 6.10 Å². The van der Waals surface area contributed by atoms with E-state index in [1.54, 1.807) is 25.1 Å². The lowest BCUT2D eigenvalue weighted by Gasteiger charge is -2.35. The van der Waals surface area contributed by atoms with Crippen molar-refractivity contribution in [2.24, 2.45) is 0 Å². The summed E-state index contributed by atoms with van der Waals surface area (Å²) in [5.41, 5.74) is 1.93. The van der Waals surface area contributed by atoms with E-state index < -0.39 is 6.10 Å². The molecule has 1 aliphatic heterocycles. The normalized spacial score (nSPS) is 18.1. The molecule has 3 rings (SSSR count). The Morgan fingerprint density at radius 3 is 2.59 bits per heavy atom. The molecule has 2 aromatic carbocycles. The van der Waals surface area contributed by atoms with Crippen molar-refractivity contribution in [1.29, 1.82) is 0 Å². The molecule has 0 aliphatic carbocycles. The van der Waals surface area contributed by atoms with E-state index in [2.05, 4.69) is 29.3 Å². The van der Waals surface area contributed by atoms with Gasteiger partial charge in [0, 0.05) is 29.0 Å². The molecule has 0 saturated carbocycles. The average molecular weight is 407 g/mol. The Hall–Kier alpha value is -1.91. The maximum atomic E-state index is 12.4. The van der Waals surface area contributed by atoms with E-state index in [1.165, 1.54) is 24.9 Å². The van der Waals surface area contributed by atoms with Crippen LogP contribution in [0.2, 0.25) is 10.0 Å². The van der Waals surface area contributed by atoms with E-state index in [4.69, 9.17) is 27.9 Å². The molecule has 1 amide bonds. The lowest BCUT2D eigenvalue weighted by Crippen LogP contribution is -2.37. The monoisotopic (exact) mass is 406 g/mol. The van der Waals surface area contributed by atoms with E-state index in [0.29, 0.717) is 21.8 Å². The molecular weight excluding hydrogens is 383 g/mol. The van der Waals surface area contributed by atoms with Crippen LogP contribution < -0.4 is 15.0 Å². The molecule has 2 atom stereocenters. The third-order valence-electron chi connectivity index (χ3n) is 4.84. The fourth-order valence-electron chi connectivity index (χ4n) is 3.28. The number of carbonyl (C=O) groups excluding carboxylic acids is 1. The molecule has 2 aromatic rings. The van der Waals surface area contributed by atoms with Crippen LogP contribution in [-0.4, -0.2) is 24.6 Å². The number of ether oxygens (including phenoxy) is 1. The molecule has 0 spiro atoms. The lowest BCUT2D eigenvalue weighted by molar-refractivity contribution is -0.122. The van der Waals surface area contributed by atoms with Gasteiger partial charge < -0.3 is 15.0 Å².